The van der Waals surface area contributed by atoms with E-state index in [9.17, 15) is 9.59 Å². The molecule has 1 atom stereocenters. The van der Waals surface area contributed by atoms with Crippen LogP contribution in [0.4, 0.5) is 0 Å². The van der Waals surface area contributed by atoms with Gasteiger partial charge in [-0.15, -0.1) is 0 Å². The van der Waals surface area contributed by atoms with Crippen molar-refractivity contribution in [3.05, 3.63) is 42.7 Å². The van der Waals surface area contributed by atoms with Crippen LogP contribution in [0.3, 0.4) is 0 Å². The summed E-state index contributed by atoms with van der Waals surface area (Å²) >= 11 is 0. The Morgan fingerprint density at radius 1 is 0.532 bits per heavy atom. The molecule has 0 saturated heterocycles. The number of ether oxygens (including phenoxy) is 2. The third-order valence-electron chi connectivity index (χ3n) is 9.05. The number of allylic oxidation sites excluding steroid dienone is 2. The Hall–Kier alpha value is -2.17. The monoisotopic (exact) mass is 657 g/mol. The number of esters is 2. The molecule has 0 unspecified atom stereocenters. The fraction of sp³-hybridized carbons (Fsp3) is 0.786. The lowest BCUT2D eigenvalue weighted by atomic mass is 10.0. The highest BCUT2D eigenvalue weighted by Gasteiger charge is 2.21. The molecule has 0 spiro atoms. The molecule has 1 heterocycles. The SMILES string of the molecule is CCCCCCCC/C=C\CCCCCCCC(=O)OC[C@@H](C[n+]1ccccc1)OC(=O)CCCCCCCCCCCCCCC. The maximum atomic E-state index is 12.6. The van der Waals surface area contributed by atoms with E-state index in [1.807, 2.05) is 35.2 Å². The molecule has 0 amide bonds. The Balaban J connectivity index is 2.13. The lowest BCUT2D eigenvalue weighted by Crippen LogP contribution is -2.43. The third-order valence-corrected chi connectivity index (χ3v) is 9.05. The molecule has 270 valence electrons. The summed E-state index contributed by atoms with van der Waals surface area (Å²) in [6, 6.07) is 5.86. The van der Waals surface area contributed by atoms with Crippen LogP contribution in [-0.2, 0) is 25.6 Å². The average molecular weight is 657 g/mol. The van der Waals surface area contributed by atoms with Gasteiger partial charge in [0, 0.05) is 25.0 Å². The molecular formula is C42H74NO4+. The van der Waals surface area contributed by atoms with Gasteiger partial charge >= 0.3 is 11.9 Å². The Labute approximate surface area is 290 Å². The summed E-state index contributed by atoms with van der Waals surface area (Å²) in [5, 5.41) is 0. The van der Waals surface area contributed by atoms with Crippen molar-refractivity contribution in [2.75, 3.05) is 6.61 Å². The minimum Gasteiger partial charge on any atom is -0.461 e. The number of pyridine rings is 1. The fourth-order valence-corrected chi connectivity index (χ4v) is 6.05. The number of aromatic nitrogens is 1. The Morgan fingerprint density at radius 3 is 1.40 bits per heavy atom. The highest BCUT2D eigenvalue weighted by Crippen LogP contribution is 2.14. The molecule has 0 N–H and O–H groups in total. The van der Waals surface area contributed by atoms with Crippen LogP contribution < -0.4 is 4.57 Å². The summed E-state index contributed by atoms with van der Waals surface area (Å²) in [6.45, 7) is 5.12. The summed E-state index contributed by atoms with van der Waals surface area (Å²) in [7, 11) is 0. The van der Waals surface area contributed by atoms with Gasteiger partial charge in [-0.1, -0.05) is 160 Å². The second kappa shape index (κ2) is 33.7. The van der Waals surface area contributed by atoms with Crippen molar-refractivity contribution in [1.82, 2.24) is 0 Å². The van der Waals surface area contributed by atoms with Crippen molar-refractivity contribution in [3.8, 4) is 0 Å². The lowest BCUT2D eigenvalue weighted by molar-refractivity contribution is -0.703. The van der Waals surface area contributed by atoms with E-state index in [-0.39, 0.29) is 18.5 Å². The molecule has 0 saturated carbocycles. The van der Waals surface area contributed by atoms with Crippen molar-refractivity contribution in [3.63, 3.8) is 0 Å². The largest absolute Gasteiger partial charge is 0.461 e. The van der Waals surface area contributed by atoms with E-state index in [1.54, 1.807) is 0 Å². The molecule has 0 aliphatic carbocycles. The van der Waals surface area contributed by atoms with E-state index in [0.717, 1.165) is 38.5 Å². The maximum absolute atomic E-state index is 12.6. The van der Waals surface area contributed by atoms with Gasteiger partial charge in [0.2, 0.25) is 0 Å². The van der Waals surface area contributed by atoms with E-state index >= 15 is 0 Å². The smallest absolute Gasteiger partial charge is 0.306 e. The fourth-order valence-electron chi connectivity index (χ4n) is 6.05. The molecule has 0 fully saturated rings. The van der Waals surface area contributed by atoms with Crippen molar-refractivity contribution in [2.45, 2.75) is 206 Å². The van der Waals surface area contributed by atoms with Crippen LogP contribution in [-0.4, -0.2) is 24.6 Å². The van der Waals surface area contributed by atoms with E-state index in [0.29, 0.717) is 19.4 Å². The molecule has 0 bridgehead atoms. The number of carbonyl (C=O) groups excluding carboxylic acids is 2. The van der Waals surface area contributed by atoms with Crippen LogP contribution in [0.5, 0.6) is 0 Å². The standard InChI is InChI=1S/C42H74NO4/c1-3-5-7-9-11-13-15-17-18-20-21-23-25-27-30-34-41(44)46-39-40(38-43-36-32-29-33-37-43)47-42(45)35-31-28-26-24-22-19-16-14-12-10-8-6-4-2/h17-18,29,32-33,36-37,40H,3-16,19-28,30-31,34-35,38-39H2,1-2H3/q+1/b18-17-/t40-/m1/s1. The number of carbonyl (C=O) groups is 2. The highest BCUT2D eigenvalue weighted by molar-refractivity contribution is 5.70. The first-order chi connectivity index (χ1) is 23.2. The molecular weight excluding hydrogens is 582 g/mol. The van der Waals surface area contributed by atoms with Crippen LogP contribution in [0.2, 0.25) is 0 Å². The zero-order valence-corrected chi connectivity index (χ0v) is 30.9. The summed E-state index contributed by atoms with van der Waals surface area (Å²) < 4.78 is 13.4. The number of hydrogen-bond acceptors (Lipinski definition) is 4. The normalized spacial score (nSPS) is 12.0. The van der Waals surface area contributed by atoms with Crippen molar-refractivity contribution in [2.24, 2.45) is 0 Å². The lowest BCUT2D eigenvalue weighted by Gasteiger charge is -2.16. The predicted octanol–water partition coefficient (Wildman–Crippen LogP) is 11.9. The maximum Gasteiger partial charge on any atom is 0.306 e. The topological polar surface area (TPSA) is 56.5 Å². The zero-order chi connectivity index (χ0) is 33.9. The quantitative estimate of drug-likeness (QED) is 0.0320. The third kappa shape index (κ3) is 29.7. The molecule has 1 aromatic rings. The minimum atomic E-state index is -0.477. The van der Waals surface area contributed by atoms with Gasteiger partial charge in [-0.3, -0.25) is 9.59 Å². The van der Waals surface area contributed by atoms with Crippen molar-refractivity contribution >= 4 is 11.9 Å². The van der Waals surface area contributed by atoms with Crippen LogP contribution >= 0.6 is 0 Å². The Bertz CT molecular complexity index is 855. The summed E-state index contributed by atoms with van der Waals surface area (Å²) in [4.78, 5) is 25.1. The van der Waals surface area contributed by atoms with Gasteiger partial charge in [-0.2, -0.15) is 0 Å². The Morgan fingerprint density at radius 2 is 0.936 bits per heavy atom. The van der Waals surface area contributed by atoms with Crippen LogP contribution in [0.1, 0.15) is 194 Å². The molecule has 5 heteroatoms. The van der Waals surface area contributed by atoms with Gasteiger partial charge < -0.3 is 9.47 Å². The average Bonchev–Trinajstić information content (AvgIpc) is 3.08. The van der Waals surface area contributed by atoms with E-state index in [2.05, 4.69) is 26.0 Å². The molecule has 0 aliphatic rings. The van der Waals surface area contributed by atoms with E-state index in [1.165, 1.54) is 128 Å². The highest BCUT2D eigenvalue weighted by atomic mass is 16.6. The van der Waals surface area contributed by atoms with Gasteiger partial charge in [-0.25, -0.2) is 4.57 Å². The van der Waals surface area contributed by atoms with E-state index < -0.39 is 6.10 Å². The molecule has 1 rings (SSSR count). The molecule has 0 aliphatic heterocycles. The number of unbranched alkanes of at least 4 members (excludes halogenated alkanes) is 23. The molecule has 5 nitrogen and oxygen atoms in total. The minimum absolute atomic E-state index is 0.107. The van der Waals surface area contributed by atoms with Gasteiger partial charge in [-0.05, 0) is 38.5 Å². The first-order valence-corrected chi connectivity index (χ1v) is 20.1. The van der Waals surface area contributed by atoms with Gasteiger partial charge in [0.1, 0.15) is 6.61 Å². The molecule has 1 aromatic heterocycles. The number of rotatable bonds is 34. The van der Waals surface area contributed by atoms with Gasteiger partial charge in [0.05, 0.1) is 0 Å². The number of nitrogens with zero attached hydrogens (tertiary/aromatic N) is 1. The van der Waals surface area contributed by atoms with Crippen molar-refractivity contribution < 1.29 is 23.6 Å². The summed E-state index contributed by atoms with van der Waals surface area (Å²) in [5.41, 5.74) is 0. The molecule has 47 heavy (non-hydrogen) atoms. The van der Waals surface area contributed by atoms with Gasteiger partial charge in [0.15, 0.2) is 25.0 Å². The molecule has 0 radical (unpaired) electrons. The second-order valence-electron chi connectivity index (χ2n) is 13.7. The first kappa shape index (κ1) is 42.9. The zero-order valence-electron chi connectivity index (χ0n) is 30.9. The van der Waals surface area contributed by atoms with Crippen molar-refractivity contribution in [1.29, 1.82) is 0 Å². The van der Waals surface area contributed by atoms with Crippen LogP contribution in [0, 0.1) is 0 Å². The Kier molecular flexibility index (Phi) is 30.7. The van der Waals surface area contributed by atoms with Gasteiger partial charge in [0.25, 0.3) is 0 Å². The number of hydrogen-bond donors (Lipinski definition) is 0. The van der Waals surface area contributed by atoms with Crippen LogP contribution in [0.25, 0.3) is 0 Å². The first-order valence-electron chi connectivity index (χ1n) is 20.1. The van der Waals surface area contributed by atoms with Crippen LogP contribution in [0.15, 0.2) is 42.7 Å². The van der Waals surface area contributed by atoms with E-state index in [4.69, 9.17) is 9.47 Å². The predicted molar refractivity (Wildman–Crippen MR) is 197 cm³/mol. The summed E-state index contributed by atoms with van der Waals surface area (Å²) in [5.74, 6) is -0.388. The molecule has 0 aromatic carbocycles. The summed E-state index contributed by atoms with van der Waals surface area (Å²) in [6.07, 6.45) is 41.6. The second-order valence-corrected chi connectivity index (χ2v) is 13.7.